The van der Waals surface area contributed by atoms with Gasteiger partial charge >= 0.3 is 0 Å². The van der Waals surface area contributed by atoms with Crippen molar-refractivity contribution in [3.05, 3.63) is 59.7 Å². The van der Waals surface area contributed by atoms with E-state index < -0.39 is 0 Å². The molecule has 2 N–H and O–H groups in total. The molecule has 0 radical (unpaired) electrons. The number of hydrogen-bond donors (Lipinski definition) is 2. The Morgan fingerprint density at radius 3 is 2.66 bits per heavy atom. The van der Waals surface area contributed by atoms with Gasteiger partial charge in [0.25, 0.3) is 5.91 Å². The Balaban J connectivity index is 1.43. The van der Waals surface area contributed by atoms with Crippen LogP contribution in [0.5, 0.6) is 5.75 Å². The monoisotopic (exact) mass is 479 g/mol. The Labute approximate surface area is 206 Å². The lowest BCUT2D eigenvalue weighted by atomic mass is 9.94. The lowest BCUT2D eigenvalue weighted by Gasteiger charge is -2.42. The lowest BCUT2D eigenvalue weighted by molar-refractivity contribution is -0.134. The molecule has 8 nitrogen and oxygen atoms in total. The van der Waals surface area contributed by atoms with Gasteiger partial charge in [-0.1, -0.05) is 37.3 Å². The van der Waals surface area contributed by atoms with Crippen molar-refractivity contribution < 1.29 is 23.9 Å². The predicted octanol–water partition coefficient (Wildman–Crippen LogP) is 3.16. The van der Waals surface area contributed by atoms with Gasteiger partial charge in [0.2, 0.25) is 11.8 Å². The third-order valence-corrected chi connectivity index (χ3v) is 6.49. The van der Waals surface area contributed by atoms with Crippen LogP contribution < -0.4 is 15.4 Å². The number of fused-ring (bicyclic) bond motifs is 2. The number of amides is 3. The van der Waals surface area contributed by atoms with E-state index in [2.05, 4.69) is 10.6 Å². The highest BCUT2D eigenvalue weighted by atomic mass is 16.5. The highest BCUT2D eigenvalue weighted by Crippen LogP contribution is 2.32. The first-order chi connectivity index (χ1) is 16.9. The summed E-state index contributed by atoms with van der Waals surface area (Å²) in [5.74, 6) is 0.0986. The molecule has 0 aromatic heterocycles. The summed E-state index contributed by atoms with van der Waals surface area (Å²) in [6.45, 7) is 2.95. The third-order valence-electron chi connectivity index (χ3n) is 6.49. The molecular weight excluding hydrogens is 446 g/mol. The standard InChI is InChI=1S/C27H33N3O5/c1-3-13-28-25(31)16-20-10-11-22-24(35-20)17-34-23-12-9-19(15-21(23)27(33)30(22)2)29-26(32)14-18-7-5-4-6-8-18/h4-9,12,15,20,22,24H,3,10-11,13-14,16-17H2,1-2H3,(H,28,31)(H,29,32)/t20-,22-,24+/m1/s1. The molecule has 2 aromatic carbocycles. The van der Waals surface area contributed by atoms with Crippen molar-refractivity contribution in [3.63, 3.8) is 0 Å². The van der Waals surface area contributed by atoms with Crippen LogP contribution in [-0.2, 0) is 20.7 Å². The second-order valence-corrected chi connectivity index (χ2v) is 9.14. The fourth-order valence-electron chi connectivity index (χ4n) is 4.64. The number of rotatable bonds is 7. The molecule has 0 unspecified atom stereocenters. The molecule has 1 saturated heterocycles. The molecule has 3 amide bonds. The first-order valence-electron chi connectivity index (χ1n) is 12.2. The van der Waals surface area contributed by atoms with E-state index in [1.54, 1.807) is 30.1 Å². The molecule has 186 valence electrons. The van der Waals surface area contributed by atoms with E-state index in [4.69, 9.17) is 9.47 Å². The van der Waals surface area contributed by atoms with Gasteiger partial charge in [-0.2, -0.15) is 0 Å². The van der Waals surface area contributed by atoms with Crippen LogP contribution in [0.15, 0.2) is 48.5 Å². The summed E-state index contributed by atoms with van der Waals surface area (Å²) in [4.78, 5) is 39.7. The van der Waals surface area contributed by atoms with Crippen molar-refractivity contribution in [1.29, 1.82) is 0 Å². The van der Waals surface area contributed by atoms with E-state index in [1.807, 2.05) is 37.3 Å². The smallest absolute Gasteiger partial charge is 0.257 e. The van der Waals surface area contributed by atoms with Crippen molar-refractivity contribution in [2.75, 3.05) is 25.5 Å². The number of carbonyl (C=O) groups is 3. The molecule has 35 heavy (non-hydrogen) atoms. The van der Waals surface area contributed by atoms with Crippen LogP contribution >= 0.6 is 0 Å². The number of ether oxygens (including phenoxy) is 2. The average Bonchev–Trinajstić information content (AvgIpc) is 2.86. The second kappa shape index (κ2) is 11.4. The molecule has 1 fully saturated rings. The molecule has 2 aliphatic heterocycles. The van der Waals surface area contributed by atoms with Crippen molar-refractivity contribution in [2.24, 2.45) is 0 Å². The number of benzene rings is 2. The van der Waals surface area contributed by atoms with E-state index in [0.717, 1.165) is 18.4 Å². The molecule has 0 bridgehead atoms. The summed E-state index contributed by atoms with van der Waals surface area (Å²) in [5.41, 5.74) is 1.87. The summed E-state index contributed by atoms with van der Waals surface area (Å²) < 4.78 is 12.2. The lowest BCUT2D eigenvalue weighted by Crippen LogP contribution is -2.54. The number of nitrogens with one attached hydrogen (secondary N) is 2. The summed E-state index contributed by atoms with van der Waals surface area (Å²) in [5, 5.41) is 5.77. The van der Waals surface area contributed by atoms with Crippen LogP contribution in [0.25, 0.3) is 0 Å². The fraction of sp³-hybridized carbons (Fsp3) is 0.444. The molecule has 2 aliphatic rings. The Hall–Kier alpha value is -3.39. The number of anilines is 1. The second-order valence-electron chi connectivity index (χ2n) is 9.14. The topological polar surface area (TPSA) is 97.0 Å². The van der Waals surface area contributed by atoms with E-state index in [0.29, 0.717) is 36.4 Å². The number of hydrogen-bond acceptors (Lipinski definition) is 5. The highest BCUT2D eigenvalue weighted by Gasteiger charge is 2.39. The molecule has 0 spiro atoms. The quantitative estimate of drug-likeness (QED) is 0.636. The average molecular weight is 480 g/mol. The molecular formula is C27H33N3O5. The van der Waals surface area contributed by atoms with Crippen molar-refractivity contribution in [2.45, 2.75) is 57.3 Å². The normalized spacial score (nSPS) is 21.6. The molecule has 8 heteroatoms. The van der Waals surface area contributed by atoms with Crippen molar-refractivity contribution in [1.82, 2.24) is 10.2 Å². The maximum Gasteiger partial charge on any atom is 0.257 e. The van der Waals surface area contributed by atoms with Gasteiger partial charge in [-0.15, -0.1) is 0 Å². The molecule has 2 heterocycles. The molecule has 0 saturated carbocycles. The van der Waals surface area contributed by atoms with Gasteiger partial charge in [-0.05, 0) is 43.0 Å². The van der Waals surface area contributed by atoms with Gasteiger partial charge in [-0.3, -0.25) is 14.4 Å². The first-order valence-corrected chi connectivity index (χ1v) is 12.2. The Morgan fingerprint density at radius 1 is 1.09 bits per heavy atom. The van der Waals surface area contributed by atoms with Gasteiger partial charge in [0.05, 0.1) is 30.6 Å². The van der Waals surface area contributed by atoms with E-state index in [9.17, 15) is 14.4 Å². The van der Waals surface area contributed by atoms with Crippen LogP contribution in [0.3, 0.4) is 0 Å². The van der Waals surface area contributed by atoms with Crippen molar-refractivity contribution in [3.8, 4) is 5.75 Å². The van der Waals surface area contributed by atoms with Crippen LogP contribution in [0.2, 0.25) is 0 Å². The third kappa shape index (κ3) is 6.19. The minimum absolute atomic E-state index is 0.0151. The number of carbonyl (C=O) groups excluding carboxylic acids is 3. The number of likely N-dealkylation sites (N-methyl/N-ethyl adjacent to an activating group) is 1. The van der Waals surface area contributed by atoms with Crippen LogP contribution in [0, 0.1) is 0 Å². The summed E-state index contributed by atoms with van der Waals surface area (Å²) in [6.07, 6.45) is 2.36. The van der Waals surface area contributed by atoms with Crippen LogP contribution in [0.4, 0.5) is 5.69 Å². The largest absolute Gasteiger partial charge is 0.490 e. The molecule has 3 atom stereocenters. The van der Waals surface area contributed by atoms with Crippen molar-refractivity contribution >= 4 is 23.4 Å². The Morgan fingerprint density at radius 2 is 1.89 bits per heavy atom. The maximum atomic E-state index is 13.4. The summed E-state index contributed by atoms with van der Waals surface area (Å²) in [6, 6.07) is 14.5. The van der Waals surface area contributed by atoms with E-state index in [-0.39, 0.29) is 49.0 Å². The van der Waals surface area contributed by atoms with Gasteiger partial charge in [0.15, 0.2) is 0 Å². The minimum atomic E-state index is -0.319. The fourth-order valence-corrected chi connectivity index (χ4v) is 4.64. The predicted molar refractivity (Wildman–Crippen MR) is 132 cm³/mol. The summed E-state index contributed by atoms with van der Waals surface area (Å²) >= 11 is 0. The molecule has 0 aliphatic carbocycles. The van der Waals surface area contributed by atoms with Gasteiger partial charge in [0.1, 0.15) is 18.5 Å². The molecule has 2 aromatic rings. The summed E-state index contributed by atoms with van der Waals surface area (Å²) in [7, 11) is 1.77. The first kappa shape index (κ1) is 24.7. The number of nitrogens with zero attached hydrogens (tertiary/aromatic N) is 1. The van der Waals surface area contributed by atoms with Gasteiger partial charge in [-0.25, -0.2) is 0 Å². The minimum Gasteiger partial charge on any atom is -0.490 e. The SMILES string of the molecule is CCCNC(=O)C[C@H]1CC[C@@H]2[C@H](COc3ccc(NC(=O)Cc4ccccc4)cc3C(=O)N2C)O1. The van der Waals surface area contributed by atoms with Crippen LogP contribution in [0.1, 0.15) is 48.5 Å². The maximum absolute atomic E-state index is 13.4. The highest BCUT2D eigenvalue weighted by molar-refractivity contribution is 6.00. The zero-order valence-electron chi connectivity index (χ0n) is 20.3. The zero-order valence-corrected chi connectivity index (χ0v) is 20.3. The van der Waals surface area contributed by atoms with E-state index in [1.165, 1.54) is 0 Å². The Bertz CT molecular complexity index is 1060. The zero-order chi connectivity index (χ0) is 24.8. The Kier molecular flexibility index (Phi) is 8.02. The van der Waals surface area contributed by atoms with Crippen LogP contribution in [-0.4, -0.2) is 61.1 Å². The van der Waals surface area contributed by atoms with Gasteiger partial charge < -0.3 is 25.0 Å². The van der Waals surface area contributed by atoms with Gasteiger partial charge in [0, 0.05) is 19.3 Å². The molecule has 4 rings (SSSR count). The van der Waals surface area contributed by atoms with E-state index >= 15 is 0 Å².